The summed E-state index contributed by atoms with van der Waals surface area (Å²) in [5.41, 5.74) is 0.484. The van der Waals surface area contributed by atoms with Gasteiger partial charge in [0.25, 0.3) is 0 Å². The third kappa shape index (κ3) is 2.20. The van der Waals surface area contributed by atoms with Gasteiger partial charge in [-0.3, -0.25) is 0 Å². The van der Waals surface area contributed by atoms with Crippen molar-refractivity contribution in [3.8, 4) is 0 Å². The number of benzene rings is 1. The Kier molecular flexibility index (Phi) is 2.86. The molecule has 0 unspecified atom stereocenters. The van der Waals surface area contributed by atoms with Gasteiger partial charge in [-0.25, -0.2) is 4.39 Å². The minimum Gasteiger partial charge on any atom is -0.206 e. The Hall–Kier alpha value is -2.30. The summed E-state index contributed by atoms with van der Waals surface area (Å²) in [6.45, 7) is 3.49. The highest BCUT2D eigenvalue weighted by Gasteiger charge is 1.98. The van der Waals surface area contributed by atoms with E-state index >= 15 is 0 Å². The molecule has 1 aromatic heterocycles. The lowest BCUT2D eigenvalue weighted by molar-refractivity contribution is 0.625. The van der Waals surface area contributed by atoms with Crippen molar-refractivity contribution < 1.29 is 4.39 Å². The summed E-state index contributed by atoms with van der Waals surface area (Å²) >= 11 is 0. The summed E-state index contributed by atoms with van der Waals surface area (Å²) in [6, 6.07) is 6.47. The largest absolute Gasteiger partial charge is 0.206 e. The molecule has 5 heteroatoms. The van der Waals surface area contributed by atoms with Crippen LogP contribution in [0.4, 0.5) is 4.39 Å². The number of nitrogens with zero attached hydrogens (tertiary/aromatic N) is 4. The van der Waals surface area contributed by atoms with Gasteiger partial charge in [-0.05, 0) is 23.4 Å². The molecule has 0 saturated carbocycles. The Morgan fingerprint density at radius 1 is 1.25 bits per heavy atom. The maximum absolute atomic E-state index is 13.2. The van der Waals surface area contributed by atoms with E-state index in [4.69, 9.17) is 0 Å². The van der Waals surface area contributed by atoms with Crippen LogP contribution >= 0.6 is 0 Å². The van der Waals surface area contributed by atoms with Crippen LogP contribution in [-0.4, -0.2) is 20.2 Å². The van der Waals surface area contributed by atoms with Crippen LogP contribution in [0.5, 0.6) is 0 Å². The second-order valence-corrected chi connectivity index (χ2v) is 3.01. The van der Waals surface area contributed by atoms with Crippen LogP contribution in [0.2, 0.25) is 0 Å². The molecule has 0 fully saturated rings. The van der Waals surface area contributed by atoms with Crippen molar-refractivity contribution in [2.45, 2.75) is 0 Å². The number of rotatable bonds is 3. The van der Waals surface area contributed by atoms with E-state index in [1.807, 2.05) is 0 Å². The van der Waals surface area contributed by atoms with E-state index in [1.54, 1.807) is 30.4 Å². The quantitative estimate of drug-likeness (QED) is 0.789. The Bertz CT molecular complexity index is 530. The molecular formula is C11H9FN4. The molecule has 0 saturated heterocycles. The van der Waals surface area contributed by atoms with E-state index < -0.39 is 0 Å². The topological polar surface area (TPSA) is 43.6 Å². The lowest BCUT2D eigenvalue weighted by Gasteiger charge is -1.93. The summed E-state index contributed by atoms with van der Waals surface area (Å²) in [5, 5.41) is 11.4. The van der Waals surface area contributed by atoms with Crippen LogP contribution in [0.3, 0.4) is 0 Å². The number of aromatic nitrogens is 4. The van der Waals surface area contributed by atoms with Gasteiger partial charge in [0.05, 0.1) is 0 Å². The molecule has 16 heavy (non-hydrogen) atoms. The number of tetrazole rings is 1. The van der Waals surface area contributed by atoms with Gasteiger partial charge in [-0.15, -0.1) is 15.0 Å². The summed E-state index contributed by atoms with van der Waals surface area (Å²) < 4.78 is 13.2. The highest BCUT2D eigenvalue weighted by Crippen LogP contribution is 2.09. The highest BCUT2D eigenvalue weighted by atomic mass is 19.1. The van der Waals surface area contributed by atoms with Crippen LogP contribution in [0.25, 0.3) is 18.4 Å². The van der Waals surface area contributed by atoms with E-state index in [0.29, 0.717) is 11.4 Å². The third-order valence-electron chi connectivity index (χ3n) is 1.92. The van der Waals surface area contributed by atoms with Crippen LogP contribution < -0.4 is 0 Å². The maximum atomic E-state index is 13.2. The van der Waals surface area contributed by atoms with Crippen molar-refractivity contribution in [1.29, 1.82) is 0 Å². The molecule has 0 aliphatic rings. The lowest BCUT2D eigenvalue weighted by atomic mass is 10.2. The zero-order valence-electron chi connectivity index (χ0n) is 8.42. The maximum Gasteiger partial charge on any atom is 0.198 e. The van der Waals surface area contributed by atoms with Crippen LogP contribution in [0.15, 0.2) is 30.8 Å². The molecule has 2 aromatic rings. The highest BCUT2D eigenvalue weighted by molar-refractivity contribution is 5.66. The molecule has 1 aromatic carbocycles. The predicted octanol–water partition coefficient (Wildman–Crippen LogP) is 2.08. The van der Waals surface area contributed by atoms with E-state index in [-0.39, 0.29) is 5.82 Å². The fourth-order valence-corrected chi connectivity index (χ4v) is 1.16. The average molecular weight is 216 g/mol. The van der Waals surface area contributed by atoms with Gasteiger partial charge < -0.3 is 0 Å². The number of hydrogen-bond donors (Lipinski definition) is 0. The first-order chi connectivity index (χ1) is 7.79. The summed E-state index contributed by atoms with van der Waals surface area (Å²) in [6.07, 6.45) is 4.61. The average Bonchev–Trinajstić information content (AvgIpc) is 2.76. The van der Waals surface area contributed by atoms with Crippen LogP contribution in [0.1, 0.15) is 11.4 Å². The minimum atomic E-state index is -0.283. The third-order valence-corrected chi connectivity index (χ3v) is 1.92. The molecule has 0 bridgehead atoms. The molecule has 0 spiro atoms. The van der Waals surface area contributed by atoms with Crippen molar-refractivity contribution in [3.63, 3.8) is 0 Å². The van der Waals surface area contributed by atoms with Crippen molar-refractivity contribution in [1.82, 2.24) is 20.2 Å². The normalized spacial score (nSPS) is 10.8. The molecule has 2 rings (SSSR count). The molecule has 0 aliphatic carbocycles. The Labute approximate surface area is 91.7 Å². The van der Waals surface area contributed by atoms with Crippen molar-refractivity contribution in [2.75, 3.05) is 0 Å². The van der Waals surface area contributed by atoms with Gasteiger partial charge in [0, 0.05) is 11.8 Å². The Morgan fingerprint density at radius 3 is 2.75 bits per heavy atom. The van der Waals surface area contributed by atoms with Gasteiger partial charge in [-0.2, -0.15) is 0 Å². The van der Waals surface area contributed by atoms with E-state index in [9.17, 15) is 4.39 Å². The first-order valence-electron chi connectivity index (χ1n) is 4.64. The summed E-state index contributed by atoms with van der Waals surface area (Å²) in [4.78, 5) is 1.24. The second-order valence-electron chi connectivity index (χ2n) is 3.01. The van der Waals surface area contributed by atoms with Gasteiger partial charge in [0.1, 0.15) is 5.82 Å². The van der Waals surface area contributed by atoms with Crippen molar-refractivity contribution in [2.24, 2.45) is 0 Å². The predicted molar refractivity (Wildman–Crippen MR) is 59.5 cm³/mol. The monoisotopic (exact) mass is 216 g/mol. The smallest absolute Gasteiger partial charge is 0.198 e. The molecule has 0 aliphatic heterocycles. The van der Waals surface area contributed by atoms with Gasteiger partial charge in [-0.1, -0.05) is 24.8 Å². The van der Waals surface area contributed by atoms with Crippen LogP contribution in [-0.2, 0) is 0 Å². The van der Waals surface area contributed by atoms with Gasteiger partial charge in [0.2, 0.25) is 0 Å². The zero-order valence-corrected chi connectivity index (χ0v) is 8.42. The molecule has 4 nitrogen and oxygen atoms in total. The summed E-state index contributed by atoms with van der Waals surface area (Å²) in [7, 11) is 0. The molecule has 80 valence electrons. The molecule has 0 N–H and O–H groups in total. The second kappa shape index (κ2) is 4.48. The first kappa shape index (κ1) is 10.2. The van der Waals surface area contributed by atoms with E-state index in [2.05, 4.69) is 22.0 Å². The Morgan fingerprint density at radius 2 is 2.06 bits per heavy atom. The van der Waals surface area contributed by atoms with Gasteiger partial charge in [0.15, 0.2) is 5.82 Å². The molecule has 0 amide bonds. The number of halogens is 1. The first-order valence-corrected chi connectivity index (χ1v) is 4.64. The molecule has 0 radical (unpaired) electrons. The fraction of sp³-hybridized carbons (Fsp3) is 0. The van der Waals surface area contributed by atoms with Crippen LogP contribution in [0, 0.1) is 5.82 Å². The van der Waals surface area contributed by atoms with Crippen molar-refractivity contribution in [3.05, 3.63) is 48.0 Å². The van der Waals surface area contributed by atoms with E-state index in [1.165, 1.54) is 17.1 Å². The standard InChI is InChI=1S/C11H9FN4/c1-2-16-14-11(13-15-16)8-7-9-5-3-4-6-10(9)12/h2-8H,1H2/b8-7+. The Balaban J connectivity index is 2.21. The minimum absolute atomic E-state index is 0.283. The van der Waals surface area contributed by atoms with Crippen molar-refractivity contribution >= 4 is 18.4 Å². The SMILES string of the molecule is C=Cn1nnc(/C=C/c2ccccc2F)n1. The fourth-order valence-electron chi connectivity index (χ4n) is 1.16. The molecule has 0 atom stereocenters. The zero-order chi connectivity index (χ0) is 11.4. The number of hydrogen-bond acceptors (Lipinski definition) is 3. The van der Waals surface area contributed by atoms with Gasteiger partial charge >= 0.3 is 0 Å². The molecule has 1 heterocycles. The molecular weight excluding hydrogens is 207 g/mol. The van der Waals surface area contributed by atoms with E-state index in [0.717, 1.165) is 0 Å². The summed E-state index contributed by atoms with van der Waals surface area (Å²) in [5.74, 6) is 0.123. The lowest BCUT2D eigenvalue weighted by Crippen LogP contribution is -1.89.